The molecule has 4 aromatic rings. The number of benzene rings is 2. The number of aromatic amines is 1. The zero-order valence-electron chi connectivity index (χ0n) is 11.0. The maximum Gasteiger partial charge on any atom is 0.360 e. The van der Waals surface area contributed by atoms with E-state index in [1.807, 2.05) is 36.4 Å². The third-order valence-corrected chi connectivity index (χ3v) is 3.38. The van der Waals surface area contributed by atoms with Crippen molar-refractivity contribution in [3.8, 4) is 5.75 Å². The number of H-pyrrole nitrogens is 1. The molecule has 102 valence electrons. The molecule has 1 N–H and O–H groups in total. The highest BCUT2D eigenvalue weighted by Gasteiger charge is 2.11. The van der Waals surface area contributed by atoms with Crippen molar-refractivity contribution < 1.29 is 13.9 Å². The molecule has 2 heterocycles. The molecule has 4 heteroatoms. The quantitative estimate of drug-likeness (QED) is 0.442. The normalized spacial score (nSPS) is 11.0. The van der Waals surface area contributed by atoms with Crippen LogP contribution in [-0.2, 0) is 0 Å². The monoisotopic (exact) mass is 277 g/mol. The fourth-order valence-corrected chi connectivity index (χ4v) is 2.39. The Bertz CT molecular complexity index is 935. The number of fused-ring (bicyclic) bond motifs is 3. The van der Waals surface area contributed by atoms with Gasteiger partial charge >= 0.3 is 5.97 Å². The van der Waals surface area contributed by atoms with Crippen molar-refractivity contribution in [2.45, 2.75) is 0 Å². The summed E-state index contributed by atoms with van der Waals surface area (Å²) in [6.07, 6.45) is 1.68. The number of carbonyl (C=O) groups excluding carboxylic acids is 1. The minimum absolute atomic E-state index is 0.410. The van der Waals surface area contributed by atoms with Crippen molar-refractivity contribution in [1.29, 1.82) is 0 Å². The Balaban J connectivity index is 1.76. The third-order valence-electron chi connectivity index (χ3n) is 3.38. The first kappa shape index (κ1) is 11.8. The van der Waals surface area contributed by atoms with Crippen LogP contribution in [0.5, 0.6) is 5.75 Å². The molecule has 21 heavy (non-hydrogen) atoms. The molecule has 4 rings (SSSR count). The molecular formula is C17H11NO3. The van der Waals surface area contributed by atoms with Crippen molar-refractivity contribution >= 4 is 27.9 Å². The molecule has 0 bridgehead atoms. The lowest BCUT2D eigenvalue weighted by Crippen LogP contribution is -2.08. The van der Waals surface area contributed by atoms with Crippen molar-refractivity contribution in [1.82, 2.24) is 4.98 Å². The van der Waals surface area contributed by atoms with Gasteiger partial charge in [-0.1, -0.05) is 18.2 Å². The first-order chi connectivity index (χ1) is 10.3. The fraction of sp³-hybridized carbons (Fsp3) is 0. The molecule has 0 aliphatic carbocycles. The van der Waals surface area contributed by atoms with Crippen molar-refractivity contribution in [2.24, 2.45) is 0 Å². The van der Waals surface area contributed by atoms with E-state index in [0.29, 0.717) is 11.4 Å². The largest absolute Gasteiger partial charge is 0.456 e. The Hall–Kier alpha value is -3.01. The van der Waals surface area contributed by atoms with Gasteiger partial charge in [0.05, 0.1) is 0 Å². The highest BCUT2D eigenvalue weighted by atomic mass is 16.5. The first-order valence-electron chi connectivity index (χ1n) is 6.58. The maximum atomic E-state index is 11.9. The molecule has 0 atom stereocenters. The number of hydrogen-bond acceptors (Lipinski definition) is 3. The maximum absolute atomic E-state index is 11.9. The Morgan fingerprint density at radius 3 is 2.67 bits per heavy atom. The highest BCUT2D eigenvalue weighted by molar-refractivity contribution is 6.05. The topological polar surface area (TPSA) is 55.2 Å². The zero-order chi connectivity index (χ0) is 14.2. The van der Waals surface area contributed by atoms with E-state index in [9.17, 15) is 4.79 Å². The number of hydrogen-bond donors (Lipinski definition) is 1. The van der Waals surface area contributed by atoms with E-state index in [2.05, 4.69) is 4.98 Å². The average Bonchev–Trinajstić information content (AvgIpc) is 3.14. The molecule has 0 amide bonds. The first-order valence-corrected chi connectivity index (χ1v) is 6.58. The molecule has 0 saturated carbocycles. The van der Waals surface area contributed by atoms with Crippen LogP contribution in [0.25, 0.3) is 21.9 Å². The Kier molecular flexibility index (Phi) is 2.54. The number of aromatic nitrogens is 1. The van der Waals surface area contributed by atoms with Crippen LogP contribution >= 0.6 is 0 Å². The lowest BCUT2D eigenvalue weighted by Gasteiger charge is -2.02. The lowest BCUT2D eigenvalue weighted by molar-refractivity contribution is 0.0729. The van der Waals surface area contributed by atoms with Gasteiger partial charge in [0.15, 0.2) is 0 Å². The van der Waals surface area contributed by atoms with E-state index in [1.54, 1.807) is 24.4 Å². The summed E-state index contributed by atoms with van der Waals surface area (Å²) >= 11 is 0. The second-order valence-electron chi connectivity index (χ2n) is 4.73. The summed E-state index contributed by atoms with van der Waals surface area (Å²) in [5, 5.41) is 1.94. The lowest BCUT2D eigenvalue weighted by atomic mass is 10.1. The van der Waals surface area contributed by atoms with Gasteiger partial charge in [-0.25, -0.2) is 4.79 Å². The number of esters is 1. The molecule has 0 saturated heterocycles. The van der Waals surface area contributed by atoms with E-state index in [0.717, 1.165) is 21.9 Å². The van der Waals surface area contributed by atoms with Gasteiger partial charge in [0.25, 0.3) is 0 Å². The second-order valence-corrected chi connectivity index (χ2v) is 4.73. The predicted molar refractivity (Wildman–Crippen MR) is 79.5 cm³/mol. The van der Waals surface area contributed by atoms with Gasteiger partial charge in [-0.05, 0) is 36.4 Å². The van der Waals surface area contributed by atoms with Gasteiger partial charge in [0.2, 0.25) is 0 Å². The third kappa shape index (κ3) is 1.97. The molecule has 2 aromatic heterocycles. The van der Waals surface area contributed by atoms with Crippen molar-refractivity contribution in [3.05, 3.63) is 66.5 Å². The average molecular weight is 277 g/mol. The fourth-order valence-electron chi connectivity index (χ4n) is 2.39. The van der Waals surface area contributed by atoms with Gasteiger partial charge in [0.1, 0.15) is 22.6 Å². The minimum atomic E-state index is -0.410. The van der Waals surface area contributed by atoms with Crippen LogP contribution in [-0.4, -0.2) is 11.0 Å². The molecule has 0 unspecified atom stereocenters. The van der Waals surface area contributed by atoms with E-state index in [4.69, 9.17) is 9.15 Å². The highest BCUT2D eigenvalue weighted by Crippen LogP contribution is 2.31. The summed E-state index contributed by atoms with van der Waals surface area (Å²) in [4.78, 5) is 14.8. The number of rotatable bonds is 2. The van der Waals surface area contributed by atoms with Crippen LogP contribution in [0.3, 0.4) is 0 Å². The Morgan fingerprint density at radius 1 is 0.952 bits per heavy atom. The molecular weight excluding hydrogens is 266 g/mol. The van der Waals surface area contributed by atoms with E-state index in [1.165, 1.54) is 0 Å². The SMILES string of the molecule is O=C(Oc1ccc2oc3ccccc3c2c1)c1ccc[nH]1. The zero-order valence-corrected chi connectivity index (χ0v) is 11.0. The molecule has 0 radical (unpaired) electrons. The number of ether oxygens (including phenoxy) is 1. The van der Waals surface area contributed by atoms with Crippen LogP contribution in [0.2, 0.25) is 0 Å². The molecule has 0 fully saturated rings. The molecule has 0 spiro atoms. The second kappa shape index (κ2) is 4.52. The molecule has 2 aromatic carbocycles. The summed E-state index contributed by atoms with van der Waals surface area (Å²) < 4.78 is 11.1. The van der Waals surface area contributed by atoms with Crippen molar-refractivity contribution in [2.75, 3.05) is 0 Å². The van der Waals surface area contributed by atoms with E-state index < -0.39 is 5.97 Å². The van der Waals surface area contributed by atoms with Crippen LogP contribution in [0, 0.1) is 0 Å². The van der Waals surface area contributed by atoms with Crippen LogP contribution < -0.4 is 4.74 Å². The predicted octanol–water partition coefficient (Wildman–Crippen LogP) is 4.13. The van der Waals surface area contributed by atoms with Gasteiger partial charge < -0.3 is 14.1 Å². The standard InChI is InChI=1S/C17H11NO3/c19-17(14-5-3-9-18-14)20-11-7-8-16-13(10-11)12-4-1-2-6-15(12)21-16/h1-10,18H. The van der Waals surface area contributed by atoms with Crippen LogP contribution in [0.15, 0.2) is 65.2 Å². The minimum Gasteiger partial charge on any atom is -0.456 e. The van der Waals surface area contributed by atoms with E-state index >= 15 is 0 Å². The molecule has 0 aliphatic heterocycles. The van der Waals surface area contributed by atoms with Gasteiger partial charge in [-0.2, -0.15) is 0 Å². The summed E-state index contributed by atoms with van der Waals surface area (Å²) in [6, 6.07) is 16.6. The van der Waals surface area contributed by atoms with E-state index in [-0.39, 0.29) is 0 Å². The van der Waals surface area contributed by atoms with Crippen LogP contribution in [0.1, 0.15) is 10.5 Å². The Labute approximate surface area is 119 Å². The Morgan fingerprint density at radius 2 is 1.81 bits per heavy atom. The summed E-state index contributed by atoms with van der Waals surface area (Å²) in [5.74, 6) is 0.0841. The number of nitrogens with one attached hydrogen (secondary N) is 1. The molecule has 0 aliphatic rings. The summed E-state index contributed by atoms with van der Waals surface area (Å²) in [5.41, 5.74) is 2.02. The van der Waals surface area contributed by atoms with Crippen molar-refractivity contribution in [3.63, 3.8) is 0 Å². The van der Waals surface area contributed by atoms with Gasteiger partial charge in [0, 0.05) is 17.0 Å². The van der Waals surface area contributed by atoms with Crippen LogP contribution in [0.4, 0.5) is 0 Å². The number of para-hydroxylation sites is 1. The van der Waals surface area contributed by atoms with Gasteiger partial charge in [-0.15, -0.1) is 0 Å². The smallest absolute Gasteiger partial charge is 0.360 e. The summed E-state index contributed by atoms with van der Waals surface area (Å²) in [7, 11) is 0. The summed E-state index contributed by atoms with van der Waals surface area (Å²) in [6.45, 7) is 0. The number of carbonyl (C=O) groups is 1. The van der Waals surface area contributed by atoms with Gasteiger partial charge in [-0.3, -0.25) is 0 Å². The molecule has 4 nitrogen and oxygen atoms in total. The number of furan rings is 1.